The summed E-state index contributed by atoms with van der Waals surface area (Å²) in [6.07, 6.45) is 0. The molecule has 0 unspecified atom stereocenters. The highest BCUT2D eigenvalue weighted by atomic mass is 79.9. The Hall–Kier alpha value is -1.81. The number of carbonyl (C=O) groups is 1. The van der Waals surface area contributed by atoms with E-state index in [2.05, 4.69) is 26.6 Å². The van der Waals surface area contributed by atoms with Gasteiger partial charge in [0.25, 0.3) is 0 Å². The van der Waals surface area contributed by atoms with Gasteiger partial charge in [-0.05, 0) is 49.2 Å². The Morgan fingerprint density at radius 1 is 1.05 bits per heavy atom. The summed E-state index contributed by atoms with van der Waals surface area (Å²) >= 11 is 3.44. The lowest BCUT2D eigenvalue weighted by Gasteiger charge is -2.11. The number of benzene rings is 2. The zero-order valence-corrected chi connectivity index (χ0v) is 12.4. The van der Waals surface area contributed by atoms with Crippen molar-refractivity contribution in [2.75, 3.05) is 10.6 Å². The van der Waals surface area contributed by atoms with Crippen LogP contribution in [0.5, 0.6) is 0 Å². The number of carbonyl (C=O) groups excluding carboxylic acids is 1. The van der Waals surface area contributed by atoms with Gasteiger partial charge in [-0.2, -0.15) is 0 Å². The number of hydrogen-bond acceptors (Lipinski definition) is 1. The van der Waals surface area contributed by atoms with Crippen LogP contribution in [-0.4, -0.2) is 6.03 Å². The Balaban J connectivity index is 2.08. The molecular formula is C15H15BrN2O. The normalized spacial score (nSPS) is 10.1. The van der Waals surface area contributed by atoms with Crippen LogP contribution in [0.4, 0.5) is 16.2 Å². The molecule has 0 saturated heterocycles. The molecule has 0 aliphatic carbocycles. The summed E-state index contributed by atoms with van der Waals surface area (Å²) < 4.78 is 0.973. The average Bonchev–Trinajstić information content (AvgIpc) is 2.35. The minimum Gasteiger partial charge on any atom is -0.308 e. The van der Waals surface area contributed by atoms with Crippen LogP contribution in [0.1, 0.15) is 11.1 Å². The van der Waals surface area contributed by atoms with Crippen molar-refractivity contribution in [3.63, 3.8) is 0 Å². The number of hydrogen-bond donors (Lipinski definition) is 2. The second-order valence-corrected chi connectivity index (χ2v) is 5.22. The van der Waals surface area contributed by atoms with Gasteiger partial charge >= 0.3 is 6.03 Å². The zero-order chi connectivity index (χ0) is 13.8. The molecule has 0 bridgehead atoms. The standard InChI is InChI=1S/C15H15BrN2O/c1-10-5-3-6-12(9-10)17-15(19)18-14-8-4-7-13(16)11(14)2/h3-9H,1-2H3,(H2,17,18,19). The Morgan fingerprint density at radius 2 is 1.79 bits per heavy atom. The second-order valence-electron chi connectivity index (χ2n) is 4.36. The summed E-state index contributed by atoms with van der Waals surface area (Å²) in [6, 6.07) is 13.1. The van der Waals surface area contributed by atoms with Gasteiger partial charge in [-0.3, -0.25) is 0 Å². The molecule has 2 amide bonds. The average molecular weight is 319 g/mol. The molecule has 19 heavy (non-hydrogen) atoms. The van der Waals surface area contributed by atoms with Crippen LogP contribution in [-0.2, 0) is 0 Å². The van der Waals surface area contributed by atoms with Crippen LogP contribution in [0.25, 0.3) is 0 Å². The summed E-state index contributed by atoms with van der Waals surface area (Å²) in [6.45, 7) is 3.94. The smallest absolute Gasteiger partial charge is 0.308 e. The third-order valence-electron chi connectivity index (χ3n) is 2.79. The van der Waals surface area contributed by atoms with Crippen LogP contribution < -0.4 is 10.6 Å². The highest BCUT2D eigenvalue weighted by Gasteiger charge is 2.06. The van der Waals surface area contributed by atoms with Crippen molar-refractivity contribution in [1.29, 1.82) is 0 Å². The van der Waals surface area contributed by atoms with Crippen molar-refractivity contribution >= 4 is 33.3 Å². The van der Waals surface area contributed by atoms with Crippen LogP contribution in [0, 0.1) is 13.8 Å². The van der Waals surface area contributed by atoms with E-state index in [1.54, 1.807) is 0 Å². The van der Waals surface area contributed by atoms with Gasteiger partial charge in [0.05, 0.1) is 0 Å². The summed E-state index contributed by atoms with van der Waals surface area (Å²) in [7, 11) is 0. The van der Waals surface area contributed by atoms with Crippen LogP contribution in [0.2, 0.25) is 0 Å². The molecule has 0 fully saturated rings. The fourth-order valence-electron chi connectivity index (χ4n) is 1.75. The first-order valence-corrected chi connectivity index (χ1v) is 6.75. The zero-order valence-electron chi connectivity index (χ0n) is 10.8. The Bertz CT molecular complexity index is 611. The van der Waals surface area contributed by atoms with Gasteiger partial charge in [0, 0.05) is 15.8 Å². The molecular weight excluding hydrogens is 304 g/mol. The Morgan fingerprint density at radius 3 is 2.53 bits per heavy atom. The first kappa shape index (κ1) is 13.6. The van der Waals surface area contributed by atoms with Gasteiger partial charge in [-0.15, -0.1) is 0 Å². The molecule has 4 heteroatoms. The Labute approximate surface area is 121 Å². The number of urea groups is 1. The second kappa shape index (κ2) is 5.89. The summed E-state index contributed by atoms with van der Waals surface area (Å²) in [4.78, 5) is 11.9. The molecule has 98 valence electrons. The Kier molecular flexibility index (Phi) is 4.22. The summed E-state index contributed by atoms with van der Waals surface area (Å²) in [5, 5.41) is 5.65. The number of aryl methyl sites for hydroxylation is 1. The minimum atomic E-state index is -0.244. The van der Waals surface area contributed by atoms with Crippen LogP contribution in [0.3, 0.4) is 0 Å². The molecule has 0 aromatic heterocycles. The van der Waals surface area contributed by atoms with Crippen LogP contribution >= 0.6 is 15.9 Å². The maximum absolute atomic E-state index is 11.9. The van der Waals surface area contributed by atoms with Gasteiger partial charge in [0.1, 0.15) is 0 Å². The van der Waals surface area contributed by atoms with Crippen molar-refractivity contribution in [3.05, 3.63) is 58.1 Å². The SMILES string of the molecule is Cc1cccc(NC(=O)Nc2cccc(Br)c2C)c1. The maximum atomic E-state index is 11.9. The molecule has 2 N–H and O–H groups in total. The number of anilines is 2. The highest BCUT2D eigenvalue weighted by molar-refractivity contribution is 9.10. The van der Waals surface area contributed by atoms with Gasteiger partial charge in [0.2, 0.25) is 0 Å². The topological polar surface area (TPSA) is 41.1 Å². The van der Waals surface area contributed by atoms with Crippen LogP contribution in [0.15, 0.2) is 46.9 Å². The molecule has 0 radical (unpaired) electrons. The lowest BCUT2D eigenvalue weighted by Crippen LogP contribution is -2.20. The fraction of sp³-hybridized carbons (Fsp3) is 0.133. The molecule has 2 rings (SSSR count). The first-order chi connectivity index (χ1) is 9.06. The largest absolute Gasteiger partial charge is 0.323 e. The van der Waals surface area contributed by atoms with Gasteiger partial charge in [0.15, 0.2) is 0 Å². The van der Waals surface area contributed by atoms with E-state index in [1.807, 2.05) is 56.3 Å². The van der Waals surface area contributed by atoms with Crippen molar-refractivity contribution < 1.29 is 4.79 Å². The third kappa shape index (κ3) is 3.58. The van der Waals surface area contributed by atoms with Gasteiger partial charge < -0.3 is 10.6 Å². The number of amides is 2. The van der Waals surface area contributed by atoms with E-state index in [1.165, 1.54) is 0 Å². The summed E-state index contributed by atoms with van der Waals surface area (Å²) in [5.74, 6) is 0. The van der Waals surface area contributed by atoms with E-state index < -0.39 is 0 Å². The summed E-state index contributed by atoms with van der Waals surface area (Å²) in [5.41, 5.74) is 3.68. The van der Waals surface area contributed by atoms with Crippen molar-refractivity contribution in [1.82, 2.24) is 0 Å². The molecule has 3 nitrogen and oxygen atoms in total. The fourth-order valence-corrected chi connectivity index (χ4v) is 2.12. The van der Waals surface area contributed by atoms with Gasteiger partial charge in [-0.25, -0.2) is 4.79 Å². The molecule has 0 spiro atoms. The molecule has 0 aliphatic rings. The monoisotopic (exact) mass is 318 g/mol. The molecule has 0 saturated carbocycles. The van der Waals surface area contributed by atoms with E-state index in [-0.39, 0.29) is 6.03 Å². The van der Waals surface area contributed by atoms with E-state index in [0.717, 1.165) is 27.0 Å². The molecule has 0 atom stereocenters. The molecule has 2 aromatic carbocycles. The van der Waals surface area contributed by atoms with Crippen molar-refractivity contribution in [2.45, 2.75) is 13.8 Å². The molecule has 0 heterocycles. The number of nitrogens with one attached hydrogen (secondary N) is 2. The van der Waals surface area contributed by atoms with E-state index >= 15 is 0 Å². The van der Waals surface area contributed by atoms with E-state index in [0.29, 0.717) is 0 Å². The lowest BCUT2D eigenvalue weighted by molar-refractivity contribution is 0.262. The predicted octanol–water partition coefficient (Wildman–Crippen LogP) is 4.71. The van der Waals surface area contributed by atoms with Crippen molar-refractivity contribution in [3.8, 4) is 0 Å². The predicted molar refractivity (Wildman–Crippen MR) is 82.7 cm³/mol. The minimum absolute atomic E-state index is 0.244. The maximum Gasteiger partial charge on any atom is 0.323 e. The third-order valence-corrected chi connectivity index (χ3v) is 3.65. The quantitative estimate of drug-likeness (QED) is 0.827. The van der Waals surface area contributed by atoms with E-state index in [4.69, 9.17) is 0 Å². The lowest BCUT2D eigenvalue weighted by atomic mass is 10.2. The number of rotatable bonds is 2. The van der Waals surface area contributed by atoms with Crippen molar-refractivity contribution in [2.24, 2.45) is 0 Å². The first-order valence-electron chi connectivity index (χ1n) is 5.96. The highest BCUT2D eigenvalue weighted by Crippen LogP contribution is 2.23. The van der Waals surface area contributed by atoms with E-state index in [9.17, 15) is 4.79 Å². The molecule has 0 aliphatic heterocycles. The van der Waals surface area contributed by atoms with Gasteiger partial charge in [-0.1, -0.05) is 34.1 Å². The number of halogens is 1. The molecule has 2 aromatic rings.